The lowest BCUT2D eigenvalue weighted by atomic mass is 9.94. The lowest BCUT2D eigenvalue weighted by Crippen LogP contribution is -2.48. The zero-order valence-corrected chi connectivity index (χ0v) is 19.8. The van der Waals surface area contributed by atoms with Crippen molar-refractivity contribution in [3.63, 3.8) is 0 Å². The highest BCUT2D eigenvalue weighted by Crippen LogP contribution is 2.30. The number of rotatable bonds is 9. The van der Waals surface area contributed by atoms with E-state index in [-0.39, 0.29) is 25.2 Å². The molecule has 1 heterocycles. The second kappa shape index (κ2) is 11.4. The van der Waals surface area contributed by atoms with Crippen molar-refractivity contribution >= 4 is 12.0 Å². The number of nitrogens with one attached hydrogen (secondary N) is 3. The minimum atomic E-state index is -0.655. The minimum absolute atomic E-state index is 0.139. The Balaban J connectivity index is 1.70. The molecule has 1 aliphatic rings. The van der Waals surface area contributed by atoms with E-state index in [2.05, 4.69) is 16.0 Å². The van der Waals surface area contributed by atoms with Gasteiger partial charge in [0.15, 0.2) is 0 Å². The summed E-state index contributed by atoms with van der Waals surface area (Å²) in [5, 5.41) is 9.22. The number of benzene rings is 3. The molecule has 1 atom stereocenters. The first-order valence-electron chi connectivity index (χ1n) is 11.6. The van der Waals surface area contributed by atoms with Crippen LogP contribution in [0.1, 0.15) is 35.7 Å². The maximum Gasteiger partial charge on any atom is 0.338 e. The number of carbonyl (C=O) groups is 2. The van der Waals surface area contributed by atoms with Crippen LogP contribution in [-0.4, -0.2) is 32.3 Å². The molecule has 7 heteroatoms. The highest BCUT2D eigenvalue weighted by Gasteiger charge is 2.34. The van der Waals surface area contributed by atoms with Crippen LogP contribution < -0.4 is 20.7 Å². The van der Waals surface area contributed by atoms with Crippen molar-refractivity contribution in [2.75, 3.05) is 20.3 Å². The van der Waals surface area contributed by atoms with E-state index in [4.69, 9.17) is 9.47 Å². The predicted octanol–water partition coefficient (Wildman–Crippen LogP) is 4.25. The summed E-state index contributed by atoms with van der Waals surface area (Å²) in [7, 11) is 1.59. The van der Waals surface area contributed by atoms with Crippen LogP contribution in [0.4, 0.5) is 4.79 Å². The smallest absolute Gasteiger partial charge is 0.338 e. The molecule has 0 fully saturated rings. The Kier molecular flexibility index (Phi) is 7.80. The van der Waals surface area contributed by atoms with E-state index in [1.807, 2.05) is 72.8 Å². The van der Waals surface area contributed by atoms with E-state index in [0.29, 0.717) is 17.0 Å². The van der Waals surface area contributed by atoms with Gasteiger partial charge >= 0.3 is 12.0 Å². The van der Waals surface area contributed by atoms with Gasteiger partial charge in [0.25, 0.3) is 0 Å². The molecular weight excluding hydrogens is 442 g/mol. The number of carbonyl (C=O) groups excluding carboxylic acids is 2. The number of amides is 2. The standard InChI is InChI=1S/C28H29N3O4/c1-3-35-27(32)24-23(30-28(33)31-26(24)21-14-16-22(34-2)17-15-21)18-29-25(19-10-6-4-7-11-19)20-12-8-5-9-13-20/h4-17,25-26,29H,3,18H2,1-2H3,(H2,30,31,33). The molecule has 0 aliphatic carbocycles. The molecule has 0 radical (unpaired) electrons. The third-order valence-electron chi connectivity index (χ3n) is 5.85. The fourth-order valence-electron chi connectivity index (χ4n) is 4.18. The van der Waals surface area contributed by atoms with Gasteiger partial charge in [0.05, 0.1) is 31.4 Å². The number of ether oxygens (including phenoxy) is 2. The zero-order chi connectivity index (χ0) is 24.6. The summed E-state index contributed by atoms with van der Waals surface area (Å²) < 4.78 is 10.6. The van der Waals surface area contributed by atoms with Gasteiger partial charge in [-0.3, -0.25) is 0 Å². The summed E-state index contributed by atoms with van der Waals surface area (Å²) in [5.41, 5.74) is 3.74. The molecule has 0 aromatic heterocycles. The predicted molar refractivity (Wildman–Crippen MR) is 134 cm³/mol. The lowest BCUT2D eigenvalue weighted by Gasteiger charge is -2.30. The van der Waals surface area contributed by atoms with Crippen molar-refractivity contribution < 1.29 is 19.1 Å². The molecule has 2 amide bonds. The number of hydrogen-bond acceptors (Lipinski definition) is 5. The molecule has 1 unspecified atom stereocenters. The van der Waals surface area contributed by atoms with Crippen LogP contribution in [-0.2, 0) is 9.53 Å². The Morgan fingerprint density at radius 2 is 1.54 bits per heavy atom. The highest BCUT2D eigenvalue weighted by atomic mass is 16.5. The highest BCUT2D eigenvalue weighted by molar-refractivity contribution is 5.95. The van der Waals surface area contributed by atoms with Gasteiger partial charge in [-0.2, -0.15) is 0 Å². The van der Waals surface area contributed by atoms with Gasteiger partial charge in [0.1, 0.15) is 5.75 Å². The monoisotopic (exact) mass is 471 g/mol. The molecule has 0 spiro atoms. The normalized spacial score (nSPS) is 15.4. The summed E-state index contributed by atoms with van der Waals surface area (Å²) >= 11 is 0. The van der Waals surface area contributed by atoms with Crippen LogP contribution in [0.25, 0.3) is 0 Å². The Labute approximate surface area is 205 Å². The summed E-state index contributed by atoms with van der Waals surface area (Å²) in [5.74, 6) is 0.208. The quantitative estimate of drug-likeness (QED) is 0.406. The first kappa shape index (κ1) is 24.0. The van der Waals surface area contributed by atoms with Crippen LogP contribution >= 0.6 is 0 Å². The van der Waals surface area contributed by atoms with Crippen molar-refractivity contribution in [1.82, 2.24) is 16.0 Å². The van der Waals surface area contributed by atoms with Gasteiger partial charge in [-0.05, 0) is 35.7 Å². The summed E-state index contributed by atoms with van der Waals surface area (Å²) in [6, 6.07) is 26.2. The SMILES string of the molecule is CCOC(=O)C1=C(CNC(c2ccccc2)c2ccccc2)NC(=O)NC1c1ccc(OC)cc1. The van der Waals surface area contributed by atoms with Crippen molar-refractivity contribution in [1.29, 1.82) is 0 Å². The third-order valence-corrected chi connectivity index (χ3v) is 5.85. The largest absolute Gasteiger partial charge is 0.497 e. The zero-order valence-electron chi connectivity index (χ0n) is 19.8. The van der Waals surface area contributed by atoms with E-state index in [1.165, 1.54) is 0 Å². The average molecular weight is 472 g/mol. The number of esters is 1. The van der Waals surface area contributed by atoms with Gasteiger partial charge in [-0.15, -0.1) is 0 Å². The fourth-order valence-corrected chi connectivity index (χ4v) is 4.18. The van der Waals surface area contributed by atoms with Gasteiger partial charge in [-0.25, -0.2) is 9.59 Å². The van der Waals surface area contributed by atoms with Crippen LogP contribution in [0.3, 0.4) is 0 Å². The molecule has 7 nitrogen and oxygen atoms in total. The molecule has 35 heavy (non-hydrogen) atoms. The molecule has 3 aromatic carbocycles. The Bertz CT molecular complexity index is 1140. The van der Waals surface area contributed by atoms with Crippen LogP contribution in [0.15, 0.2) is 96.2 Å². The van der Waals surface area contributed by atoms with E-state index >= 15 is 0 Å². The molecule has 180 valence electrons. The molecular formula is C28H29N3O4. The fraction of sp³-hybridized carbons (Fsp3) is 0.214. The van der Waals surface area contributed by atoms with Crippen LogP contribution in [0, 0.1) is 0 Å². The lowest BCUT2D eigenvalue weighted by molar-refractivity contribution is -0.139. The first-order valence-corrected chi connectivity index (χ1v) is 11.6. The van der Waals surface area contributed by atoms with Crippen molar-refractivity contribution in [3.05, 3.63) is 113 Å². The third kappa shape index (κ3) is 5.70. The maximum atomic E-state index is 13.1. The summed E-state index contributed by atoms with van der Waals surface area (Å²) in [6.45, 7) is 2.24. The minimum Gasteiger partial charge on any atom is -0.497 e. The van der Waals surface area contributed by atoms with Gasteiger partial charge < -0.3 is 25.4 Å². The molecule has 1 aliphatic heterocycles. The van der Waals surface area contributed by atoms with E-state index in [0.717, 1.165) is 16.7 Å². The Morgan fingerprint density at radius 1 is 0.943 bits per heavy atom. The number of urea groups is 1. The molecule has 3 aromatic rings. The average Bonchev–Trinajstić information content (AvgIpc) is 2.90. The first-order chi connectivity index (χ1) is 17.1. The number of hydrogen-bond donors (Lipinski definition) is 3. The topological polar surface area (TPSA) is 88.7 Å². The van der Waals surface area contributed by atoms with Crippen molar-refractivity contribution in [2.45, 2.75) is 19.0 Å². The molecule has 0 saturated carbocycles. The van der Waals surface area contributed by atoms with Crippen molar-refractivity contribution in [3.8, 4) is 5.75 Å². The second-order valence-corrected chi connectivity index (χ2v) is 8.05. The summed E-state index contributed by atoms with van der Waals surface area (Å²) in [4.78, 5) is 25.7. The number of methoxy groups -OCH3 is 1. The van der Waals surface area contributed by atoms with E-state index < -0.39 is 12.0 Å². The van der Waals surface area contributed by atoms with Crippen LogP contribution in [0.5, 0.6) is 5.75 Å². The molecule has 3 N–H and O–H groups in total. The molecule has 0 saturated heterocycles. The van der Waals surface area contributed by atoms with E-state index in [9.17, 15) is 9.59 Å². The van der Waals surface area contributed by atoms with Crippen LogP contribution in [0.2, 0.25) is 0 Å². The molecule has 4 rings (SSSR count). The van der Waals surface area contributed by atoms with Gasteiger partial charge in [-0.1, -0.05) is 72.8 Å². The second-order valence-electron chi connectivity index (χ2n) is 8.05. The van der Waals surface area contributed by atoms with Crippen molar-refractivity contribution in [2.24, 2.45) is 0 Å². The Hall–Kier alpha value is -4.10. The maximum absolute atomic E-state index is 13.1. The molecule has 0 bridgehead atoms. The van der Waals surface area contributed by atoms with Gasteiger partial charge in [0.2, 0.25) is 0 Å². The van der Waals surface area contributed by atoms with E-state index in [1.54, 1.807) is 26.2 Å². The Morgan fingerprint density at radius 3 is 2.09 bits per heavy atom. The van der Waals surface area contributed by atoms with Gasteiger partial charge in [0, 0.05) is 12.2 Å². The summed E-state index contributed by atoms with van der Waals surface area (Å²) in [6.07, 6.45) is 0.